The standard InChI is InChI=1S/C20H28N2O2/c1-14-8-6-7-9-15(14)13-21-19(23)17-12-18(17)20(24)22-16-10-4-2-3-5-11-16/h6-9,16-18H,2-5,10-13H2,1H3,(H,21,23)(H,22,24). The maximum atomic E-state index is 12.3. The van der Waals surface area contributed by atoms with Crippen molar-refractivity contribution in [2.45, 2.75) is 64.5 Å². The number of nitrogens with one attached hydrogen (secondary N) is 2. The largest absolute Gasteiger partial charge is 0.353 e. The van der Waals surface area contributed by atoms with E-state index in [1.54, 1.807) is 0 Å². The normalized spacial score (nSPS) is 24.0. The molecule has 2 fully saturated rings. The van der Waals surface area contributed by atoms with Crippen molar-refractivity contribution in [2.24, 2.45) is 11.8 Å². The van der Waals surface area contributed by atoms with Crippen molar-refractivity contribution >= 4 is 11.8 Å². The van der Waals surface area contributed by atoms with Crippen LogP contribution in [-0.2, 0) is 16.1 Å². The van der Waals surface area contributed by atoms with E-state index in [-0.39, 0.29) is 23.7 Å². The van der Waals surface area contributed by atoms with Crippen molar-refractivity contribution in [2.75, 3.05) is 0 Å². The van der Waals surface area contributed by atoms with Gasteiger partial charge in [0.25, 0.3) is 0 Å². The van der Waals surface area contributed by atoms with Crippen molar-refractivity contribution in [1.82, 2.24) is 10.6 Å². The third-order valence-corrected chi connectivity index (χ3v) is 5.38. The fourth-order valence-corrected chi connectivity index (χ4v) is 3.63. The molecule has 0 aromatic heterocycles. The third-order valence-electron chi connectivity index (χ3n) is 5.38. The number of hydrogen-bond donors (Lipinski definition) is 2. The summed E-state index contributed by atoms with van der Waals surface area (Å²) in [6.07, 6.45) is 7.83. The van der Waals surface area contributed by atoms with Gasteiger partial charge >= 0.3 is 0 Å². The SMILES string of the molecule is Cc1ccccc1CNC(=O)C1CC1C(=O)NC1CCCCCC1. The molecule has 0 aliphatic heterocycles. The predicted octanol–water partition coefficient (Wildman–Crippen LogP) is 3.09. The first kappa shape index (κ1) is 17.0. The predicted molar refractivity (Wildman–Crippen MR) is 94.3 cm³/mol. The minimum absolute atomic E-state index is 0.0132. The summed E-state index contributed by atoms with van der Waals surface area (Å²) in [6, 6.07) is 8.36. The summed E-state index contributed by atoms with van der Waals surface area (Å²) >= 11 is 0. The van der Waals surface area contributed by atoms with Crippen LogP contribution in [0.1, 0.15) is 56.1 Å². The van der Waals surface area contributed by atoms with Crippen LogP contribution in [0.4, 0.5) is 0 Å². The van der Waals surface area contributed by atoms with E-state index in [4.69, 9.17) is 0 Å². The summed E-state index contributed by atoms with van der Waals surface area (Å²) in [6.45, 7) is 2.58. The van der Waals surface area contributed by atoms with E-state index in [2.05, 4.69) is 10.6 Å². The third kappa shape index (κ3) is 4.37. The van der Waals surface area contributed by atoms with Gasteiger partial charge in [-0.3, -0.25) is 9.59 Å². The van der Waals surface area contributed by atoms with Crippen molar-refractivity contribution in [3.05, 3.63) is 35.4 Å². The van der Waals surface area contributed by atoms with Gasteiger partial charge in [-0.15, -0.1) is 0 Å². The van der Waals surface area contributed by atoms with Crippen LogP contribution in [-0.4, -0.2) is 17.9 Å². The molecule has 0 heterocycles. The highest BCUT2D eigenvalue weighted by atomic mass is 16.2. The van der Waals surface area contributed by atoms with Crippen LogP contribution in [0.25, 0.3) is 0 Å². The van der Waals surface area contributed by atoms with Gasteiger partial charge in [0.15, 0.2) is 0 Å². The Morgan fingerprint density at radius 3 is 2.38 bits per heavy atom. The first-order valence-corrected chi connectivity index (χ1v) is 9.28. The van der Waals surface area contributed by atoms with E-state index in [9.17, 15) is 9.59 Å². The zero-order valence-corrected chi connectivity index (χ0v) is 14.5. The Hall–Kier alpha value is -1.84. The van der Waals surface area contributed by atoms with E-state index >= 15 is 0 Å². The zero-order valence-electron chi connectivity index (χ0n) is 14.5. The minimum Gasteiger partial charge on any atom is -0.353 e. The molecule has 130 valence electrons. The molecule has 4 nitrogen and oxygen atoms in total. The molecule has 2 aliphatic carbocycles. The van der Waals surface area contributed by atoms with E-state index in [0.29, 0.717) is 19.0 Å². The molecule has 24 heavy (non-hydrogen) atoms. The van der Waals surface area contributed by atoms with Gasteiger partial charge in [-0.1, -0.05) is 49.9 Å². The molecule has 2 saturated carbocycles. The van der Waals surface area contributed by atoms with E-state index in [1.807, 2.05) is 31.2 Å². The topological polar surface area (TPSA) is 58.2 Å². The molecule has 2 atom stereocenters. The van der Waals surface area contributed by atoms with Crippen LogP contribution in [0.5, 0.6) is 0 Å². The first-order chi connectivity index (χ1) is 11.6. The van der Waals surface area contributed by atoms with Crippen LogP contribution in [0, 0.1) is 18.8 Å². The van der Waals surface area contributed by atoms with Gasteiger partial charge in [-0.05, 0) is 37.3 Å². The highest BCUT2D eigenvalue weighted by Crippen LogP contribution is 2.39. The molecule has 3 rings (SSSR count). The van der Waals surface area contributed by atoms with E-state index in [0.717, 1.165) is 18.4 Å². The number of benzene rings is 1. The van der Waals surface area contributed by atoms with Gasteiger partial charge in [0, 0.05) is 12.6 Å². The smallest absolute Gasteiger partial charge is 0.224 e. The number of carbonyl (C=O) groups is 2. The van der Waals surface area contributed by atoms with E-state index in [1.165, 1.54) is 31.2 Å². The molecule has 2 N–H and O–H groups in total. The molecule has 1 aromatic rings. The molecule has 2 amide bonds. The lowest BCUT2D eigenvalue weighted by molar-refractivity contribution is -0.127. The summed E-state index contributed by atoms with van der Waals surface area (Å²) in [5.41, 5.74) is 2.31. The van der Waals surface area contributed by atoms with E-state index < -0.39 is 0 Å². The zero-order chi connectivity index (χ0) is 16.9. The Labute approximate surface area is 144 Å². The van der Waals surface area contributed by atoms with Crippen LogP contribution in [0.15, 0.2) is 24.3 Å². The Kier molecular flexibility index (Phi) is 5.54. The van der Waals surface area contributed by atoms with Gasteiger partial charge in [-0.25, -0.2) is 0 Å². The minimum atomic E-state index is -0.139. The van der Waals surface area contributed by atoms with Crippen LogP contribution in [0.3, 0.4) is 0 Å². The Morgan fingerprint density at radius 1 is 1.00 bits per heavy atom. The first-order valence-electron chi connectivity index (χ1n) is 9.28. The second-order valence-corrected chi connectivity index (χ2v) is 7.29. The lowest BCUT2D eigenvalue weighted by Gasteiger charge is -2.16. The van der Waals surface area contributed by atoms with Crippen LogP contribution >= 0.6 is 0 Å². The summed E-state index contributed by atoms with van der Waals surface area (Å²) in [5.74, 6) is -0.165. The number of carbonyl (C=O) groups excluding carboxylic acids is 2. The molecule has 2 aliphatic rings. The fraction of sp³-hybridized carbons (Fsp3) is 0.600. The summed E-state index contributed by atoms with van der Waals surface area (Å²) in [4.78, 5) is 24.6. The maximum absolute atomic E-state index is 12.3. The molecule has 0 bridgehead atoms. The number of amides is 2. The van der Waals surface area contributed by atoms with Crippen LogP contribution < -0.4 is 10.6 Å². The van der Waals surface area contributed by atoms with Gasteiger partial charge < -0.3 is 10.6 Å². The Morgan fingerprint density at radius 2 is 1.67 bits per heavy atom. The van der Waals surface area contributed by atoms with Gasteiger partial charge in [0.2, 0.25) is 11.8 Å². The number of aryl methyl sites for hydroxylation is 1. The molecular formula is C20H28N2O2. The Balaban J connectivity index is 1.43. The molecule has 0 saturated heterocycles. The van der Waals surface area contributed by atoms with Gasteiger partial charge in [0.1, 0.15) is 0 Å². The second kappa shape index (κ2) is 7.82. The number of rotatable bonds is 5. The summed E-state index contributed by atoms with van der Waals surface area (Å²) < 4.78 is 0. The average Bonchev–Trinajstić information content (AvgIpc) is 3.38. The molecule has 1 aromatic carbocycles. The maximum Gasteiger partial charge on any atom is 0.224 e. The molecule has 0 spiro atoms. The van der Waals surface area contributed by atoms with Gasteiger partial charge in [-0.2, -0.15) is 0 Å². The summed E-state index contributed by atoms with van der Waals surface area (Å²) in [7, 11) is 0. The lowest BCUT2D eigenvalue weighted by atomic mass is 10.1. The molecule has 0 radical (unpaired) electrons. The monoisotopic (exact) mass is 328 g/mol. The quantitative estimate of drug-likeness (QED) is 0.816. The highest BCUT2D eigenvalue weighted by Gasteiger charge is 2.48. The molecule has 2 unspecified atom stereocenters. The highest BCUT2D eigenvalue weighted by molar-refractivity contribution is 5.92. The Bertz CT molecular complexity index is 591. The van der Waals surface area contributed by atoms with Crippen molar-refractivity contribution in [3.63, 3.8) is 0 Å². The van der Waals surface area contributed by atoms with Crippen LogP contribution in [0.2, 0.25) is 0 Å². The number of hydrogen-bond acceptors (Lipinski definition) is 2. The fourth-order valence-electron chi connectivity index (χ4n) is 3.63. The van der Waals surface area contributed by atoms with Crippen molar-refractivity contribution in [3.8, 4) is 0 Å². The van der Waals surface area contributed by atoms with Crippen molar-refractivity contribution in [1.29, 1.82) is 0 Å². The van der Waals surface area contributed by atoms with Crippen molar-refractivity contribution < 1.29 is 9.59 Å². The summed E-state index contributed by atoms with van der Waals surface area (Å²) in [5, 5.41) is 6.15. The average molecular weight is 328 g/mol. The lowest BCUT2D eigenvalue weighted by Crippen LogP contribution is -2.36. The van der Waals surface area contributed by atoms with Gasteiger partial charge in [0.05, 0.1) is 11.8 Å². The second-order valence-electron chi connectivity index (χ2n) is 7.29. The molecule has 4 heteroatoms. The molecular weight excluding hydrogens is 300 g/mol.